The highest BCUT2D eigenvalue weighted by atomic mass is 16.1. The number of hydrogen-bond donors (Lipinski definition) is 0. The van der Waals surface area contributed by atoms with E-state index >= 15 is 0 Å². The molecule has 0 fully saturated rings. The van der Waals surface area contributed by atoms with E-state index in [1.54, 1.807) is 4.90 Å². The number of aryl methyl sites for hydroxylation is 1. The van der Waals surface area contributed by atoms with Gasteiger partial charge in [0.2, 0.25) is 0 Å². The maximum Gasteiger partial charge on any atom is 0.316 e. The summed E-state index contributed by atoms with van der Waals surface area (Å²) in [6, 6.07) is 4.09. The van der Waals surface area contributed by atoms with Crippen molar-refractivity contribution in [2.75, 3.05) is 11.4 Å². The molecule has 0 aliphatic heterocycles. The van der Waals surface area contributed by atoms with Gasteiger partial charge in [-0.2, -0.15) is 0 Å². The van der Waals surface area contributed by atoms with Gasteiger partial charge in [0, 0.05) is 12.2 Å². The van der Waals surface area contributed by atoms with E-state index in [4.69, 9.17) is 0 Å². The molecule has 2 nitrogen and oxygen atoms in total. The van der Waals surface area contributed by atoms with Gasteiger partial charge in [0.25, 0.3) is 0 Å². The smallest absolute Gasteiger partial charge is 0.304 e. The van der Waals surface area contributed by atoms with Crippen LogP contribution in [0.1, 0.15) is 42.9 Å². The van der Waals surface area contributed by atoms with Crippen molar-refractivity contribution >= 4 is 12.1 Å². The number of nitrogens with zero attached hydrogens (tertiary/aromatic N) is 1. The Balaban J connectivity index is 2.88. The molecular formula is C15H22NO. The summed E-state index contributed by atoms with van der Waals surface area (Å²) >= 11 is 0. The molecule has 0 unspecified atom stereocenters. The molecule has 0 saturated carbocycles. The molecule has 2 heteroatoms. The Bertz CT molecular complexity index is 385. The summed E-state index contributed by atoms with van der Waals surface area (Å²) in [6.07, 6.45) is 5.41. The number of anilines is 1. The summed E-state index contributed by atoms with van der Waals surface area (Å²) in [5.41, 5.74) is 4.72. The van der Waals surface area contributed by atoms with E-state index < -0.39 is 0 Å². The third-order valence-corrected chi connectivity index (χ3v) is 3.42. The Kier molecular flexibility index (Phi) is 5.20. The highest BCUT2D eigenvalue weighted by Crippen LogP contribution is 2.24. The van der Waals surface area contributed by atoms with E-state index in [1.165, 1.54) is 23.1 Å². The summed E-state index contributed by atoms with van der Waals surface area (Å²) < 4.78 is 0. The first kappa shape index (κ1) is 13.8. The van der Waals surface area contributed by atoms with Crippen molar-refractivity contribution in [3.05, 3.63) is 28.8 Å². The minimum Gasteiger partial charge on any atom is -0.304 e. The van der Waals surface area contributed by atoms with Crippen molar-refractivity contribution in [2.24, 2.45) is 0 Å². The minimum atomic E-state index is 0.765. The Labute approximate surface area is 105 Å². The zero-order valence-electron chi connectivity index (χ0n) is 11.3. The van der Waals surface area contributed by atoms with Crippen molar-refractivity contribution in [2.45, 2.75) is 47.0 Å². The fraction of sp³-hybridized carbons (Fsp3) is 0.533. The Morgan fingerprint density at radius 3 is 2.41 bits per heavy atom. The van der Waals surface area contributed by atoms with Crippen molar-refractivity contribution in [3.63, 3.8) is 0 Å². The van der Waals surface area contributed by atoms with E-state index in [-0.39, 0.29) is 0 Å². The van der Waals surface area contributed by atoms with Crippen molar-refractivity contribution in [3.8, 4) is 0 Å². The second-order valence-electron chi connectivity index (χ2n) is 4.60. The van der Waals surface area contributed by atoms with Crippen LogP contribution in [-0.2, 0) is 4.79 Å². The van der Waals surface area contributed by atoms with Crippen LogP contribution in [-0.4, -0.2) is 13.0 Å². The van der Waals surface area contributed by atoms with E-state index in [0.717, 1.165) is 25.1 Å². The molecule has 0 bridgehead atoms. The molecule has 0 heterocycles. The van der Waals surface area contributed by atoms with Gasteiger partial charge in [-0.3, -0.25) is 4.79 Å². The molecule has 0 aromatic heterocycles. The topological polar surface area (TPSA) is 20.3 Å². The van der Waals surface area contributed by atoms with E-state index in [2.05, 4.69) is 33.8 Å². The maximum absolute atomic E-state index is 11.0. The fourth-order valence-electron chi connectivity index (χ4n) is 1.97. The average Bonchev–Trinajstić information content (AvgIpc) is 2.33. The first-order chi connectivity index (χ1) is 8.11. The second kappa shape index (κ2) is 6.43. The number of hydrogen-bond acceptors (Lipinski definition) is 1. The molecule has 0 N–H and O–H groups in total. The fourth-order valence-corrected chi connectivity index (χ4v) is 1.97. The van der Waals surface area contributed by atoms with Crippen LogP contribution in [0.2, 0.25) is 0 Å². The second-order valence-corrected chi connectivity index (χ2v) is 4.60. The number of carbonyl (C=O) groups excluding carboxylic acids is 1. The monoisotopic (exact) mass is 232 g/mol. The molecule has 1 amide bonds. The highest BCUT2D eigenvalue weighted by Gasteiger charge is 2.11. The third-order valence-electron chi connectivity index (χ3n) is 3.42. The largest absolute Gasteiger partial charge is 0.316 e. The van der Waals surface area contributed by atoms with Gasteiger partial charge >= 0.3 is 6.41 Å². The molecule has 1 aromatic carbocycles. The molecule has 0 spiro atoms. The molecule has 17 heavy (non-hydrogen) atoms. The summed E-state index contributed by atoms with van der Waals surface area (Å²) in [5.74, 6) is 0. The molecule has 0 saturated heterocycles. The van der Waals surface area contributed by atoms with E-state index in [0.29, 0.717) is 0 Å². The summed E-state index contributed by atoms with van der Waals surface area (Å²) in [6.45, 7) is 9.19. The predicted octanol–water partition coefficient (Wildman–Crippen LogP) is 3.68. The van der Waals surface area contributed by atoms with E-state index in [1.807, 2.05) is 12.5 Å². The van der Waals surface area contributed by atoms with E-state index in [9.17, 15) is 4.79 Å². The Morgan fingerprint density at radius 2 is 1.82 bits per heavy atom. The normalized spacial score (nSPS) is 10.4. The average molecular weight is 232 g/mol. The predicted molar refractivity (Wildman–Crippen MR) is 73.2 cm³/mol. The zero-order chi connectivity index (χ0) is 12.8. The molecular weight excluding hydrogens is 210 g/mol. The number of rotatable bonds is 6. The first-order valence-electron chi connectivity index (χ1n) is 6.34. The maximum atomic E-state index is 11.0. The molecule has 0 atom stereocenters. The zero-order valence-corrected chi connectivity index (χ0v) is 11.3. The quantitative estimate of drug-likeness (QED) is 0.541. The van der Waals surface area contributed by atoms with Crippen LogP contribution in [0.15, 0.2) is 12.1 Å². The standard InChI is InChI=1S/C15H22NO/c1-5-6-7-10-16(11-17)15-9-8-12(2)13(3)14(15)4/h8-9H,5-7,10H2,1-4H3. The van der Waals surface area contributed by atoms with Crippen molar-refractivity contribution in [1.29, 1.82) is 0 Å². The molecule has 93 valence electrons. The summed E-state index contributed by atoms with van der Waals surface area (Å²) in [4.78, 5) is 12.8. The van der Waals surface area contributed by atoms with Crippen molar-refractivity contribution < 1.29 is 4.79 Å². The van der Waals surface area contributed by atoms with Gasteiger partial charge in [-0.25, -0.2) is 0 Å². The number of benzene rings is 1. The van der Waals surface area contributed by atoms with Crippen molar-refractivity contribution in [1.82, 2.24) is 0 Å². The molecule has 0 aliphatic rings. The van der Waals surface area contributed by atoms with Crippen LogP contribution in [0.5, 0.6) is 0 Å². The molecule has 0 aliphatic carbocycles. The van der Waals surface area contributed by atoms with Gasteiger partial charge in [0.05, 0.1) is 0 Å². The molecule has 1 radical (unpaired) electrons. The third kappa shape index (κ3) is 3.32. The number of unbranched alkanes of at least 4 members (excludes halogenated alkanes) is 2. The lowest BCUT2D eigenvalue weighted by Crippen LogP contribution is -2.23. The van der Waals surface area contributed by atoms with Gasteiger partial charge in [-0.1, -0.05) is 25.8 Å². The first-order valence-corrected chi connectivity index (χ1v) is 6.34. The minimum absolute atomic E-state index is 0.765. The Hall–Kier alpha value is -1.31. The SMILES string of the molecule is CCCCCN([C]=O)c1ccc(C)c(C)c1C. The lowest BCUT2D eigenvalue weighted by atomic mass is 10.0. The Morgan fingerprint density at radius 1 is 1.12 bits per heavy atom. The molecule has 1 rings (SSSR count). The van der Waals surface area contributed by atoms with Crippen LogP contribution in [0.4, 0.5) is 5.69 Å². The van der Waals surface area contributed by atoms with Crippen LogP contribution in [0.25, 0.3) is 0 Å². The lowest BCUT2D eigenvalue weighted by molar-refractivity contribution is 0.548. The van der Waals surface area contributed by atoms with Gasteiger partial charge in [-0.05, 0) is 49.9 Å². The number of amides is 1. The van der Waals surface area contributed by atoms with Gasteiger partial charge in [-0.15, -0.1) is 0 Å². The highest BCUT2D eigenvalue weighted by molar-refractivity contribution is 5.78. The van der Waals surface area contributed by atoms with Gasteiger partial charge in [0.15, 0.2) is 0 Å². The lowest BCUT2D eigenvalue weighted by Gasteiger charge is -2.20. The van der Waals surface area contributed by atoms with Crippen LogP contribution < -0.4 is 4.90 Å². The summed E-state index contributed by atoms with van der Waals surface area (Å²) in [5, 5.41) is 0. The van der Waals surface area contributed by atoms with Crippen LogP contribution >= 0.6 is 0 Å². The van der Waals surface area contributed by atoms with Crippen LogP contribution in [0.3, 0.4) is 0 Å². The summed E-state index contributed by atoms with van der Waals surface area (Å²) in [7, 11) is 0. The molecule has 1 aromatic rings. The van der Waals surface area contributed by atoms with Gasteiger partial charge < -0.3 is 4.90 Å². The van der Waals surface area contributed by atoms with Gasteiger partial charge in [0.1, 0.15) is 0 Å². The van der Waals surface area contributed by atoms with Crippen LogP contribution in [0, 0.1) is 20.8 Å².